The normalized spacial score (nSPS) is 11.3. The van der Waals surface area contributed by atoms with Crippen molar-refractivity contribution in [1.82, 2.24) is 5.32 Å². The topological polar surface area (TPSA) is 55.4 Å². The van der Waals surface area contributed by atoms with Crippen molar-refractivity contribution >= 4 is 11.9 Å². The smallest absolute Gasteiger partial charge is 0.328 e. The van der Waals surface area contributed by atoms with E-state index >= 15 is 0 Å². The lowest BCUT2D eigenvalue weighted by atomic mass is 10.1. The van der Waals surface area contributed by atoms with Gasteiger partial charge in [0.1, 0.15) is 6.04 Å². The fourth-order valence-electron chi connectivity index (χ4n) is 1.54. The molecular formula is C15H19NO3. The fraction of sp³-hybridized carbons (Fsp3) is 0.333. The quantitative estimate of drug-likeness (QED) is 0.653. The van der Waals surface area contributed by atoms with Crippen molar-refractivity contribution in [3.63, 3.8) is 0 Å². The Balaban J connectivity index is 2.75. The highest BCUT2D eigenvalue weighted by Crippen LogP contribution is 2.04. The van der Waals surface area contributed by atoms with Gasteiger partial charge in [-0.05, 0) is 32.4 Å². The van der Waals surface area contributed by atoms with Crippen LogP contribution in [0.1, 0.15) is 30.6 Å². The molecule has 0 fully saturated rings. The summed E-state index contributed by atoms with van der Waals surface area (Å²) in [6.07, 6.45) is 2.32. The van der Waals surface area contributed by atoms with Gasteiger partial charge in [0.25, 0.3) is 5.91 Å². The van der Waals surface area contributed by atoms with Crippen LogP contribution in [-0.2, 0) is 9.53 Å². The molecule has 1 amide bonds. The zero-order valence-corrected chi connectivity index (χ0v) is 11.5. The van der Waals surface area contributed by atoms with E-state index in [0.717, 1.165) is 5.57 Å². The number of hydrogen-bond acceptors (Lipinski definition) is 3. The van der Waals surface area contributed by atoms with E-state index in [1.165, 1.54) is 7.11 Å². The van der Waals surface area contributed by atoms with E-state index in [4.69, 9.17) is 4.74 Å². The van der Waals surface area contributed by atoms with Gasteiger partial charge in [0.05, 0.1) is 7.11 Å². The summed E-state index contributed by atoms with van der Waals surface area (Å²) in [6.45, 7) is 3.88. The zero-order chi connectivity index (χ0) is 14.3. The Hall–Kier alpha value is -2.10. The van der Waals surface area contributed by atoms with Gasteiger partial charge in [-0.2, -0.15) is 0 Å². The second-order valence-corrected chi connectivity index (χ2v) is 4.43. The van der Waals surface area contributed by atoms with Gasteiger partial charge in [-0.25, -0.2) is 4.79 Å². The maximum Gasteiger partial charge on any atom is 0.328 e. The Morgan fingerprint density at radius 2 is 1.89 bits per heavy atom. The van der Waals surface area contributed by atoms with Crippen molar-refractivity contribution in [3.8, 4) is 0 Å². The summed E-state index contributed by atoms with van der Waals surface area (Å²) >= 11 is 0. The molecule has 1 N–H and O–H groups in total. The van der Waals surface area contributed by atoms with E-state index < -0.39 is 12.0 Å². The lowest BCUT2D eigenvalue weighted by Crippen LogP contribution is -2.41. The van der Waals surface area contributed by atoms with Crippen molar-refractivity contribution in [2.24, 2.45) is 0 Å². The van der Waals surface area contributed by atoms with Gasteiger partial charge >= 0.3 is 5.97 Å². The molecule has 1 aromatic rings. The third-order valence-electron chi connectivity index (χ3n) is 2.59. The molecule has 1 atom stereocenters. The molecule has 0 radical (unpaired) electrons. The van der Waals surface area contributed by atoms with Crippen molar-refractivity contribution in [2.45, 2.75) is 26.3 Å². The van der Waals surface area contributed by atoms with Gasteiger partial charge in [-0.3, -0.25) is 4.79 Å². The molecule has 19 heavy (non-hydrogen) atoms. The second kappa shape index (κ2) is 7.36. The van der Waals surface area contributed by atoms with E-state index in [1.807, 2.05) is 26.0 Å². The highest BCUT2D eigenvalue weighted by atomic mass is 16.5. The number of rotatable bonds is 5. The van der Waals surface area contributed by atoms with Crippen LogP contribution in [0.5, 0.6) is 0 Å². The Kier molecular flexibility index (Phi) is 5.79. The first-order valence-electron chi connectivity index (χ1n) is 6.11. The Morgan fingerprint density at radius 1 is 1.26 bits per heavy atom. The van der Waals surface area contributed by atoms with Gasteiger partial charge in [-0.15, -0.1) is 0 Å². The number of methoxy groups -OCH3 is 1. The number of nitrogens with one attached hydrogen (secondary N) is 1. The summed E-state index contributed by atoms with van der Waals surface area (Å²) in [5.41, 5.74) is 1.61. The first kappa shape index (κ1) is 15.0. The van der Waals surface area contributed by atoms with E-state index in [-0.39, 0.29) is 5.91 Å². The molecule has 0 aromatic heterocycles. The summed E-state index contributed by atoms with van der Waals surface area (Å²) in [7, 11) is 1.31. The maximum absolute atomic E-state index is 12.0. The number of esters is 1. The van der Waals surface area contributed by atoms with Crippen molar-refractivity contribution in [1.29, 1.82) is 0 Å². The van der Waals surface area contributed by atoms with E-state index in [2.05, 4.69) is 5.32 Å². The molecule has 0 saturated heterocycles. The SMILES string of the molecule is COC(=O)[C@H](CC=C(C)C)NC(=O)c1ccccc1. The first-order valence-corrected chi connectivity index (χ1v) is 6.11. The molecule has 0 aliphatic heterocycles. The molecule has 0 spiro atoms. The fourth-order valence-corrected chi connectivity index (χ4v) is 1.54. The van der Waals surface area contributed by atoms with Crippen molar-refractivity contribution in [2.75, 3.05) is 7.11 Å². The number of ether oxygens (including phenoxy) is 1. The molecular weight excluding hydrogens is 242 g/mol. The van der Waals surface area contributed by atoms with Gasteiger partial charge < -0.3 is 10.1 Å². The van der Waals surface area contributed by atoms with Crippen LogP contribution >= 0.6 is 0 Å². The van der Waals surface area contributed by atoms with Crippen LogP contribution < -0.4 is 5.32 Å². The molecule has 0 heterocycles. The Bertz CT molecular complexity index is 462. The summed E-state index contributed by atoms with van der Waals surface area (Å²) in [5.74, 6) is -0.722. The molecule has 0 aliphatic rings. The van der Waals surface area contributed by atoms with E-state index in [9.17, 15) is 9.59 Å². The van der Waals surface area contributed by atoms with Crippen LogP contribution in [0.4, 0.5) is 0 Å². The third-order valence-corrected chi connectivity index (χ3v) is 2.59. The lowest BCUT2D eigenvalue weighted by molar-refractivity contribution is -0.142. The van der Waals surface area contributed by atoms with Crippen LogP contribution in [-0.4, -0.2) is 25.0 Å². The minimum absolute atomic E-state index is 0.279. The molecule has 0 aliphatic carbocycles. The van der Waals surface area contributed by atoms with Gasteiger partial charge in [0, 0.05) is 5.56 Å². The number of allylic oxidation sites excluding steroid dienone is 1. The monoisotopic (exact) mass is 261 g/mol. The summed E-state index contributed by atoms with van der Waals surface area (Å²) in [5, 5.41) is 2.68. The lowest BCUT2D eigenvalue weighted by Gasteiger charge is -2.15. The second-order valence-electron chi connectivity index (χ2n) is 4.43. The highest BCUT2D eigenvalue weighted by Gasteiger charge is 2.20. The largest absolute Gasteiger partial charge is 0.467 e. The Morgan fingerprint density at radius 3 is 2.42 bits per heavy atom. The first-order chi connectivity index (χ1) is 9.04. The molecule has 1 aromatic carbocycles. The molecule has 0 saturated carbocycles. The van der Waals surface area contributed by atoms with Crippen LogP contribution in [0, 0.1) is 0 Å². The van der Waals surface area contributed by atoms with E-state index in [1.54, 1.807) is 24.3 Å². The molecule has 102 valence electrons. The Labute approximate surface area is 113 Å². The summed E-state index contributed by atoms with van der Waals surface area (Å²) in [4.78, 5) is 23.6. The number of amides is 1. The van der Waals surface area contributed by atoms with Crippen LogP contribution in [0.15, 0.2) is 42.0 Å². The number of benzene rings is 1. The number of hydrogen-bond donors (Lipinski definition) is 1. The minimum atomic E-state index is -0.660. The molecule has 0 bridgehead atoms. The summed E-state index contributed by atoms with van der Waals surface area (Å²) in [6, 6.07) is 8.12. The molecule has 1 rings (SSSR count). The summed E-state index contributed by atoms with van der Waals surface area (Å²) < 4.78 is 4.70. The van der Waals surface area contributed by atoms with Gasteiger partial charge in [0.15, 0.2) is 0 Å². The van der Waals surface area contributed by atoms with E-state index in [0.29, 0.717) is 12.0 Å². The van der Waals surface area contributed by atoms with Crippen molar-refractivity contribution in [3.05, 3.63) is 47.5 Å². The maximum atomic E-state index is 12.0. The molecule has 4 heteroatoms. The van der Waals surface area contributed by atoms with Gasteiger partial charge in [-0.1, -0.05) is 29.8 Å². The number of carbonyl (C=O) groups is 2. The van der Waals surface area contributed by atoms with Crippen LogP contribution in [0.3, 0.4) is 0 Å². The van der Waals surface area contributed by atoms with Crippen LogP contribution in [0.25, 0.3) is 0 Å². The number of carbonyl (C=O) groups excluding carboxylic acids is 2. The molecule has 0 unspecified atom stereocenters. The molecule has 4 nitrogen and oxygen atoms in total. The highest BCUT2D eigenvalue weighted by molar-refractivity contribution is 5.96. The predicted molar refractivity (Wildman–Crippen MR) is 73.8 cm³/mol. The van der Waals surface area contributed by atoms with Gasteiger partial charge in [0.2, 0.25) is 0 Å². The predicted octanol–water partition coefficient (Wildman–Crippen LogP) is 2.31. The van der Waals surface area contributed by atoms with Crippen LogP contribution in [0.2, 0.25) is 0 Å². The third kappa shape index (κ3) is 4.95. The minimum Gasteiger partial charge on any atom is -0.467 e. The zero-order valence-electron chi connectivity index (χ0n) is 11.5. The average molecular weight is 261 g/mol. The van der Waals surface area contributed by atoms with Crippen molar-refractivity contribution < 1.29 is 14.3 Å². The standard InChI is InChI=1S/C15H19NO3/c1-11(2)9-10-13(15(18)19-3)16-14(17)12-7-5-4-6-8-12/h4-9,13H,10H2,1-3H3,(H,16,17)/t13-/m0/s1. The average Bonchev–Trinajstić information content (AvgIpc) is 2.43.